The molecule has 1 atom stereocenters. The zero-order valence-corrected chi connectivity index (χ0v) is 16.6. The van der Waals surface area contributed by atoms with Gasteiger partial charge in [0.15, 0.2) is 0 Å². The largest absolute Gasteiger partial charge is 0.494 e. The number of rotatable bonds is 9. The average molecular weight is 363 g/mol. The van der Waals surface area contributed by atoms with Crippen LogP contribution >= 0.6 is 0 Å². The van der Waals surface area contributed by atoms with Crippen molar-refractivity contribution in [2.24, 2.45) is 0 Å². The standard InChI is InChI=1S/C21H34N2O3/c1-4-5-9-14-25-19-10-11-20(17(2)15-19)22-21(24)26-18(3)16-23-12-7-6-8-13-23/h10-11,15,18H,4-9,12-14,16H2,1-3H3,(H,22,24). The number of hydrogen-bond donors (Lipinski definition) is 1. The summed E-state index contributed by atoms with van der Waals surface area (Å²) in [5.41, 5.74) is 1.74. The second kappa shape index (κ2) is 11.1. The fourth-order valence-electron chi connectivity index (χ4n) is 3.27. The smallest absolute Gasteiger partial charge is 0.411 e. The van der Waals surface area contributed by atoms with Gasteiger partial charge in [-0.05, 0) is 70.0 Å². The molecular weight excluding hydrogens is 328 g/mol. The number of benzene rings is 1. The summed E-state index contributed by atoms with van der Waals surface area (Å²) in [7, 11) is 0. The molecule has 146 valence electrons. The Morgan fingerprint density at radius 2 is 2.00 bits per heavy atom. The van der Waals surface area contributed by atoms with Gasteiger partial charge in [-0.3, -0.25) is 10.2 Å². The predicted octanol–water partition coefficient (Wildman–Crippen LogP) is 4.99. The number of likely N-dealkylation sites (tertiary alicyclic amines) is 1. The zero-order chi connectivity index (χ0) is 18.8. The van der Waals surface area contributed by atoms with Gasteiger partial charge in [-0.25, -0.2) is 4.79 Å². The highest BCUT2D eigenvalue weighted by molar-refractivity contribution is 5.85. The molecule has 1 N–H and O–H groups in total. The number of anilines is 1. The third-order valence-corrected chi connectivity index (χ3v) is 4.72. The number of aryl methyl sites for hydroxylation is 1. The zero-order valence-electron chi connectivity index (χ0n) is 16.6. The van der Waals surface area contributed by atoms with E-state index in [2.05, 4.69) is 17.1 Å². The van der Waals surface area contributed by atoms with Crippen LogP contribution in [0.25, 0.3) is 0 Å². The quantitative estimate of drug-likeness (QED) is 0.629. The van der Waals surface area contributed by atoms with Gasteiger partial charge < -0.3 is 9.47 Å². The maximum Gasteiger partial charge on any atom is 0.411 e. The van der Waals surface area contributed by atoms with E-state index >= 15 is 0 Å². The molecule has 1 aliphatic rings. The highest BCUT2D eigenvalue weighted by Crippen LogP contribution is 2.22. The lowest BCUT2D eigenvalue weighted by Gasteiger charge is -2.28. The third-order valence-electron chi connectivity index (χ3n) is 4.72. The second-order valence-corrected chi connectivity index (χ2v) is 7.23. The van der Waals surface area contributed by atoms with Gasteiger partial charge in [-0.15, -0.1) is 0 Å². The van der Waals surface area contributed by atoms with E-state index in [1.54, 1.807) is 0 Å². The first-order valence-corrected chi connectivity index (χ1v) is 10.0. The Morgan fingerprint density at radius 3 is 2.69 bits per heavy atom. The van der Waals surface area contributed by atoms with Gasteiger partial charge >= 0.3 is 6.09 Å². The van der Waals surface area contributed by atoms with E-state index in [-0.39, 0.29) is 6.10 Å². The lowest BCUT2D eigenvalue weighted by molar-refractivity contribution is 0.0833. The summed E-state index contributed by atoms with van der Waals surface area (Å²) >= 11 is 0. The maximum atomic E-state index is 12.2. The molecule has 0 spiro atoms. The Morgan fingerprint density at radius 1 is 1.23 bits per heavy atom. The molecule has 1 saturated heterocycles. The van der Waals surface area contributed by atoms with Gasteiger partial charge in [0.25, 0.3) is 0 Å². The van der Waals surface area contributed by atoms with E-state index in [9.17, 15) is 4.79 Å². The molecule has 0 saturated carbocycles. The lowest BCUT2D eigenvalue weighted by Crippen LogP contribution is -2.37. The van der Waals surface area contributed by atoms with Crippen molar-refractivity contribution >= 4 is 11.8 Å². The molecule has 1 fully saturated rings. The van der Waals surface area contributed by atoms with E-state index in [1.807, 2.05) is 32.0 Å². The molecule has 1 aliphatic heterocycles. The van der Waals surface area contributed by atoms with E-state index < -0.39 is 6.09 Å². The molecule has 5 nitrogen and oxygen atoms in total. The van der Waals surface area contributed by atoms with Gasteiger partial charge in [0.05, 0.1) is 6.61 Å². The Hall–Kier alpha value is -1.75. The Labute approximate surface area is 158 Å². The summed E-state index contributed by atoms with van der Waals surface area (Å²) in [5.74, 6) is 0.844. The van der Waals surface area contributed by atoms with Gasteiger partial charge in [0, 0.05) is 12.2 Å². The molecular formula is C21H34N2O3. The number of unbranched alkanes of at least 4 members (excludes halogenated alkanes) is 2. The summed E-state index contributed by atoms with van der Waals surface area (Å²) in [6, 6.07) is 5.73. The summed E-state index contributed by atoms with van der Waals surface area (Å²) in [6.45, 7) is 9.84. The lowest BCUT2D eigenvalue weighted by atomic mass is 10.1. The Bertz CT molecular complexity index is 556. The average Bonchev–Trinajstić information content (AvgIpc) is 2.61. The first kappa shape index (κ1) is 20.6. The molecule has 1 heterocycles. The van der Waals surface area contributed by atoms with E-state index in [0.717, 1.165) is 49.7 Å². The number of ether oxygens (including phenoxy) is 2. The summed E-state index contributed by atoms with van der Waals surface area (Å²) in [6.07, 6.45) is 6.71. The number of carbonyl (C=O) groups is 1. The van der Waals surface area contributed by atoms with Crippen LogP contribution in [0.1, 0.15) is 57.9 Å². The van der Waals surface area contributed by atoms with Crippen molar-refractivity contribution in [2.75, 3.05) is 31.6 Å². The van der Waals surface area contributed by atoms with Gasteiger partial charge in [-0.1, -0.05) is 26.2 Å². The molecule has 0 radical (unpaired) electrons. The molecule has 1 aromatic carbocycles. The summed E-state index contributed by atoms with van der Waals surface area (Å²) < 4.78 is 11.3. The van der Waals surface area contributed by atoms with Crippen molar-refractivity contribution in [1.82, 2.24) is 4.90 Å². The second-order valence-electron chi connectivity index (χ2n) is 7.23. The minimum absolute atomic E-state index is 0.116. The van der Waals surface area contributed by atoms with Crippen LogP contribution in [0, 0.1) is 6.92 Å². The normalized spacial score (nSPS) is 16.1. The fraction of sp³-hybridized carbons (Fsp3) is 0.667. The van der Waals surface area contributed by atoms with Crippen molar-refractivity contribution < 1.29 is 14.3 Å². The fourth-order valence-corrected chi connectivity index (χ4v) is 3.27. The minimum atomic E-state index is -0.394. The number of amides is 1. The molecule has 0 aromatic heterocycles. The van der Waals surface area contributed by atoms with Crippen LogP contribution < -0.4 is 10.1 Å². The molecule has 5 heteroatoms. The summed E-state index contributed by atoms with van der Waals surface area (Å²) in [4.78, 5) is 14.5. The van der Waals surface area contributed by atoms with Crippen LogP contribution in [-0.2, 0) is 4.74 Å². The molecule has 1 aromatic rings. The molecule has 0 aliphatic carbocycles. The van der Waals surface area contributed by atoms with Crippen molar-refractivity contribution in [3.63, 3.8) is 0 Å². The van der Waals surface area contributed by atoms with Crippen molar-refractivity contribution in [3.05, 3.63) is 23.8 Å². The molecule has 2 rings (SSSR count). The predicted molar refractivity (Wildman–Crippen MR) is 106 cm³/mol. The topological polar surface area (TPSA) is 50.8 Å². The molecule has 26 heavy (non-hydrogen) atoms. The monoisotopic (exact) mass is 362 g/mol. The number of nitrogens with zero attached hydrogens (tertiary/aromatic N) is 1. The number of piperidine rings is 1. The van der Waals surface area contributed by atoms with Gasteiger partial charge in [0.1, 0.15) is 11.9 Å². The van der Waals surface area contributed by atoms with Crippen LogP contribution in [0.4, 0.5) is 10.5 Å². The SMILES string of the molecule is CCCCCOc1ccc(NC(=O)OC(C)CN2CCCCC2)c(C)c1. The summed E-state index contributed by atoms with van der Waals surface area (Å²) in [5, 5.41) is 2.85. The van der Waals surface area contributed by atoms with Crippen LogP contribution in [0.3, 0.4) is 0 Å². The number of hydrogen-bond acceptors (Lipinski definition) is 4. The van der Waals surface area contributed by atoms with Gasteiger partial charge in [0.2, 0.25) is 0 Å². The molecule has 1 unspecified atom stereocenters. The third kappa shape index (κ3) is 7.24. The minimum Gasteiger partial charge on any atom is -0.494 e. The van der Waals surface area contributed by atoms with Crippen LogP contribution in [0.2, 0.25) is 0 Å². The van der Waals surface area contributed by atoms with E-state index in [4.69, 9.17) is 9.47 Å². The molecule has 0 bridgehead atoms. The van der Waals surface area contributed by atoms with Crippen LogP contribution in [-0.4, -0.2) is 43.3 Å². The first-order valence-electron chi connectivity index (χ1n) is 10.0. The van der Waals surface area contributed by atoms with Crippen molar-refractivity contribution in [1.29, 1.82) is 0 Å². The van der Waals surface area contributed by atoms with Gasteiger partial charge in [-0.2, -0.15) is 0 Å². The Kier molecular flexibility index (Phi) is 8.75. The first-order chi connectivity index (χ1) is 12.6. The van der Waals surface area contributed by atoms with Crippen LogP contribution in [0.5, 0.6) is 5.75 Å². The van der Waals surface area contributed by atoms with Crippen molar-refractivity contribution in [2.45, 2.75) is 65.4 Å². The Balaban J connectivity index is 1.76. The van der Waals surface area contributed by atoms with Crippen LogP contribution in [0.15, 0.2) is 18.2 Å². The maximum absolute atomic E-state index is 12.2. The number of carbonyl (C=O) groups excluding carboxylic acids is 1. The highest BCUT2D eigenvalue weighted by atomic mass is 16.6. The molecule has 1 amide bonds. The number of nitrogens with one attached hydrogen (secondary N) is 1. The van der Waals surface area contributed by atoms with Crippen molar-refractivity contribution in [3.8, 4) is 5.75 Å². The van der Waals surface area contributed by atoms with E-state index in [1.165, 1.54) is 32.1 Å². The highest BCUT2D eigenvalue weighted by Gasteiger charge is 2.16. The van der Waals surface area contributed by atoms with E-state index in [0.29, 0.717) is 0 Å².